The molecule has 0 N–H and O–H groups in total. The smallest absolute Gasteiger partial charge is 0.165 e. The SMILES string of the molecule is COCC(C)Oc1c(F)cccc1CBr. The van der Waals surface area contributed by atoms with Gasteiger partial charge in [-0.3, -0.25) is 0 Å². The number of hydrogen-bond donors (Lipinski definition) is 0. The van der Waals surface area contributed by atoms with E-state index in [-0.39, 0.29) is 11.9 Å². The van der Waals surface area contributed by atoms with Crippen LogP contribution in [0.2, 0.25) is 0 Å². The van der Waals surface area contributed by atoms with Crippen molar-refractivity contribution < 1.29 is 13.9 Å². The maximum atomic E-state index is 13.5. The molecule has 0 heterocycles. The number of halogens is 2. The molecule has 0 bridgehead atoms. The summed E-state index contributed by atoms with van der Waals surface area (Å²) in [4.78, 5) is 0. The molecule has 0 amide bonds. The van der Waals surface area contributed by atoms with E-state index in [1.54, 1.807) is 13.2 Å². The fourth-order valence-corrected chi connectivity index (χ4v) is 1.70. The third kappa shape index (κ3) is 3.47. The zero-order valence-electron chi connectivity index (χ0n) is 8.80. The minimum absolute atomic E-state index is 0.162. The Bertz CT molecular complexity index is 317. The summed E-state index contributed by atoms with van der Waals surface area (Å²) in [6.45, 7) is 2.28. The van der Waals surface area contributed by atoms with Gasteiger partial charge in [-0.15, -0.1) is 0 Å². The minimum atomic E-state index is -0.338. The highest BCUT2D eigenvalue weighted by molar-refractivity contribution is 9.08. The van der Waals surface area contributed by atoms with Gasteiger partial charge in [-0.1, -0.05) is 28.1 Å². The number of hydrogen-bond acceptors (Lipinski definition) is 2. The monoisotopic (exact) mass is 276 g/mol. The van der Waals surface area contributed by atoms with Crippen molar-refractivity contribution in [2.45, 2.75) is 18.4 Å². The number of para-hydroxylation sites is 1. The summed E-state index contributed by atoms with van der Waals surface area (Å²) >= 11 is 3.29. The standard InChI is InChI=1S/C11H14BrFO2/c1-8(7-14-2)15-11-9(6-12)4-3-5-10(11)13/h3-5,8H,6-7H2,1-2H3. The first-order valence-electron chi connectivity index (χ1n) is 4.68. The number of rotatable bonds is 5. The third-order valence-electron chi connectivity index (χ3n) is 1.91. The molecule has 0 aliphatic rings. The van der Waals surface area contributed by atoms with Gasteiger partial charge in [-0.05, 0) is 13.0 Å². The van der Waals surface area contributed by atoms with E-state index in [1.807, 2.05) is 13.0 Å². The Hall–Kier alpha value is -0.610. The quantitative estimate of drug-likeness (QED) is 0.770. The van der Waals surface area contributed by atoms with Crippen LogP contribution in [0, 0.1) is 5.82 Å². The molecule has 1 unspecified atom stereocenters. The summed E-state index contributed by atoms with van der Waals surface area (Å²) in [6, 6.07) is 4.88. The Morgan fingerprint density at radius 2 is 2.20 bits per heavy atom. The van der Waals surface area contributed by atoms with E-state index < -0.39 is 0 Å². The van der Waals surface area contributed by atoms with Crippen LogP contribution in [0.4, 0.5) is 4.39 Å². The van der Waals surface area contributed by atoms with E-state index >= 15 is 0 Å². The van der Waals surface area contributed by atoms with E-state index in [0.717, 1.165) is 5.56 Å². The van der Waals surface area contributed by atoms with Crippen molar-refractivity contribution >= 4 is 15.9 Å². The molecule has 2 nitrogen and oxygen atoms in total. The summed E-state index contributed by atoms with van der Waals surface area (Å²) in [5.41, 5.74) is 0.804. The van der Waals surface area contributed by atoms with Crippen molar-refractivity contribution in [3.8, 4) is 5.75 Å². The van der Waals surface area contributed by atoms with Crippen LogP contribution in [0.3, 0.4) is 0 Å². The highest BCUT2D eigenvalue weighted by Crippen LogP contribution is 2.25. The van der Waals surface area contributed by atoms with Gasteiger partial charge >= 0.3 is 0 Å². The minimum Gasteiger partial charge on any atom is -0.485 e. The normalized spacial score (nSPS) is 12.5. The average molecular weight is 277 g/mol. The van der Waals surface area contributed by atoms with Crippen molar-refractivity contribution in [2.24, 2.45) is 0 Å². The van der Waals surface area contributed by atoms with Gasteiger partial charge in [0, 0.05) is 18.0 Å². The lowest BCUT2D eigenvalue weighted by atomic mass is 10.2. The topological polar surface area (TPSA) is 18.5 Å². The van der Waals surface area contributed by atoms with Crippen LogP contribution in [-0.2, 0) is 10.1 Å². The molecule has 0 aromatic heterocycles. The van der Waals surface area contributed by atoms with Gasteiger partial charge in [0.05, 0.1) is 6.61 Å². The Kier molecular flexibility index (Phi) is 5.05. The molecule has 0 spiro atoms. The van der Waals surface area contributed by atoms with Gasteiger partial charge in [0.25, 0.3) is 0 Å². The molecule has 1 aromatic rings. The summed E-state index contributed by atoms with van der Waals surface area (Å²) in [5, 5.41) is 0.569. The zero-order chi connectivity index (χ0) is 11.3. The number of ether oxygens (including phenoxy) is 2. The first kappa shape index (κ1) is 12.5. The van der Waals surface area contributed by atoms with Gasteiger partial charge < -0.3 is 9.47 Å². The summed E-state index contributed by atoms with van der Waals surface area (Å²) in [6.07, 6.45) is -0.162. The van der Waals surface area contributed by atoms with E-state index in [4.69, 9.17) is 9.47 Å². The Morgan fingerprint density at radius 3 is 2.80 bits per heavy atom. The molecule has 4 heteroatoms. The zero-order valence-corrected chi connectivity index (χ0v) is 10.4. The van der Waals surface area contributed by atoms with Crippen molar-refractivity contribution in [3.05, 3.63) is 29.6 Å². The third-order valence-corrected chi connectivity index (χ3v) is 2.52. The van der Waals surface area contributed by atoms with Crippen LogP contribution in [0.15, 0.2) is 18.2 Å². The molecule has 84 valence electrons. The Morgan fingerprint density at radius 1 is 1.47 bits per heavy atom. The van der Waals surface area contributed by atoms with Gasteiger partial charge in [-0.25, -0.2) is 4.39 Å². The second-order valence-electron chi connectivity index (χ2n) is 3.25. The lowest BCUT2D eigenvalue weighted by Crippen LogP contribution is -2.19. The van der Waals surface area contributed by atoms with Crippen LogP contribution >= 0.6 is 15.9 Å². The molecule has 1 rings (SSSR count). The van der Waals surface area contributed by atoms with E-state index in [2.05, 4.69) is 15.9 Å². The maximum absolute atomic E-state index is 13.5. The molecule has 0 radical (unpaired) electrons. The van der Waals surface area contributed by atoms with Gasteiger partial charge in [-0.2, -0.15) is 0 Å². The molecular weight excluding hydrogens is 263 g/mol. The van der Waals surface area contributed by atoms with E-state index in [1.165, 1.54) is 6.07 Å². The first-order chi connectivity index (χ1) is 7.19. The predicted molar refractivity (Wildman–Crippen MR) is 61.0 cm³/mol. The van der Waals surface area contributed by atoms with Crippen LogP contribution in [-0.4, -0.2) is 19.8 Å². The van der Waals surface area contributed by atoms with Crippen molar-refractivity contribution in [1.82, 2.24) is 0 Å². The van der Waals surface area contributed by atoms with Crippen LogP contribution < -0.4 is 4.74 Å². The largest absolute Gasteiger partial charge is 0.485 e. The van der Waals surface area contributed by atoms with Crippen molar-refractivity contribution in [3.63, 3.8) is 0 Å². The highest BCUT2D eigenvalue weighted by atomic mass is 79.9. The average Bonchev–Trinajstić information content (AvgIpc) is 2.21. The highest BCUT2D eigenvalue weighted by Gasteiger charge is 2.12. The van der Waals surface area contributed by atoms with E-state index in [0.29, 0.717) is 17.7 Å². The molecule has 0 saturated carbocycles. The summed E-state index contributed by atoms with van der Waals surface area (Å²) < 4.78 is 23.9. The number of alkyl halides is 1. The lowest BCUT2D eigenvalue weighted by Gasteiger charge is -2.16. The van der Waals surface area contributed by atoms with E-state index in [9.17, 15) is 4.39 Å². The Labute approximate surface area is 97.5 Å². The van der Waals surface area contributed by atoms with Crippen molar-refractivity contribution in [1.29, 1.82) is 0 Å². The summed E-state index contributed by atoms with van der Waals surface area (Å²) in [5.74, 6) is -0.0335. The van der Waals surface area contributed by atoms with Gasteiger partial charge in [0.1, 0.15) is 6.10 Å². The van der Waals surface area contributed by atoms with Crippen LogP contribution in [0.25, 0.3) is 0 Å². The predicted octanol–water partition coefficient (Wildman–Crippen LogP) is 3.13. The molecule has 15 heavy (non-hydrogen) atoms. The van der Waals surface area contributed by atoms with Crippen molar-refractivity contribution in [2.75, 3.05) is 13.7 Å². The molecule has 0 aliphatic carbocycles. The molecule has 1 aromatic carbocycles. The second-order valence-corrected chi connectivity index (χ2v) is 3.81. The fourth-order valence-electron chi connectivity index (χ4n) is 1.26. The second kappa shape index (κ2) is 6.08. The van der Waals surface area contributed by atoms with Gasteiger partial charge in [0.15, 0.2) is 11.6 Å². The van der Waals surface area contributed by atoms with Crippen LogP contribution in [0.5, 0.6) is 5.75 Å². The maximum Gasteiger partial charge on any atom is 0.165 e. The number of benzene rings is 1. The molecule has 0 fully saturated rings. The lowest BCUT2D eigenvalue weighted by molar-refractivity contribution is 0.0887. The number of methoxy groups -OCH3 is 1. The fraction of sp³-hybridized carbons (Fsp3) is 0.455. The molecule has 0 saturated heterocycles. The van der Waals surface area contributed by atoms with Gasteiger partial charge in [0.2, 0.25) is 0 Å². The summed E-state index contributed by atoms with van der Waals surface area (Å²) in [7, 11) is 1.59. The van der Waals surface area contributed by atoms with Crippen LogP contribution in [0.1, 0.15) is 12.5 Å². The Balaban J connectivity index is 2.82. The molecular formula is C11H14BrFO2. The first-order valence-corrected chi connectivity index (χ1v) is 5.80. The molecule has 0 aliphatic heterocycles. The molecule has 1 atom stereocenters.